The minimum absolute atomic E-state index is 0.655. The van der Waals surface area contributed by atoms with Gasteiger partial charge in [0, 0.05) is 11.6 Å². The maximum atomic E-state index is 5.37. The van der Waals surface area contributed by atoms with E-state index in [4.69, 9.17) is 4.74 Å². The van der Waals surface area contributed by atoms with E-state index in [0.717, 1.165) is 29.9 Å². The van der Waals surface area contributed by atoms with Crippen molar-refractivity contribution < 1.29 is 4.74 Å². The highest BCUT2D eigenvalue weighted by atomic mass is 16.5. The van der Waals surface area contributed by atoms with E-state index in [9.17, 15) is 0 Å². The molecule has 3 rings (SSSR count). The van der Waals surface area contributed by atoms with Gasteiger partial charge in [-0.1, -0.05) is 0 Å². The summed E-state index contributed by atoms with van der Waals surface area (Å²) < 4.78 is 7.36. The van der Waals surface area contributed by atoms with Crippen LogP contribution in [0.2, 0.25) is 0 Å². The third-order valence-corrected chi connectivity index (χ3v) is 2.31. The molecule has 0 bridgehead atoms. The second-order valence-electron chi connectivity index (χ2n) is 3.60. The Morgan fingerprint density at radius 2 is 2.25 bits per heavy atom. The lowest BCUT2D eigenvalue weighted by Gasteiger charge is -2.13. The minimum Gasteiger partial charge on any atom is -0.373 e. The summed E-state index contributed by atoms with van der Waals surface area (Å²) >= 11 is 0. The predicted octanol–water partition coefficient (Wildman–Crippen LogP) is 0.797. The Bertz CT molecular complexity index is 466. The molecule has 16 heavy (non-hydrogen) atoms. The van der Waals surface area contributed by atoms with Gasteiger partial charge >= 0.3 is 0 Å². The van der Waals surface area contributed by atoms with Crippen molar-refractivity contribution in [2.24, 2.45) is 0 Å². The second-order valence-corrected chi connectivity index (χ2v) is 3.60. The first-order valence-electron chi connectivity index (χ1n) is 5.33. The van der Waals surface area contributed by atoms with Gasteiger partial charge < -0.3 is 10.1 Å². The molecule has 0 atom stereocenters. The first-order valence-corrected chi connectivity index (χ1v) is 5.33. The summed E-state index contributed by atoms with van der Waals surface area (Å²) in [6.45, 7) is 2.24. The largest absolute Gasteiger partial charge is 0.373 e. The predicted molar refractivity (Wildman–Crippen MR) is 62.2 cm³/mol. The molecule has 0 aromatic carbocycles. The zero-order chi connectivity index (χ0) is 11.4. The number of nitrogens with one attached hydrogen (secondary N) is 1. The molecule has 0 unspecified atom stereocenters. The van der Waals surface area contributed by atoms with Gasteiger partial charge in [-0.2, -0.15) is 5.10 Å². The molecule has 0 fully saturated rings. The Balaban J connectivity index is 0.000000292. The molecule has 0 saturated carbocycles. The van der Waals surface area contributed by atoms with Crippen molar-refractivity contribution >= 4 is 11.0 Å². The van der Waals surface area contributed by atoms with Gasteiger partial charge in [0.1, 0.15) is 0 Å². The molecule has 1 aliphatic heterocycles. The molecule has 0 saturated heterocycles. The summed E-state index contributed by atoms with van der Waals surface area (Å²) in [7, 11) is 3.75. The van der Waals surface area contributed by atoms with Gasteiger partial charge in [-0.3, -0.25) is 4.68 Å². The van der Waals surface area contributed by atoms with Crippen molar-refractivity contribution in [3.8, 4) is 0 Å². The first-order chi connectivity index (χ1) is 7.86. The van der Waals surface area contributed by atoms with Gasteiger partial charge in [-0.15, -0.1) is 0 Å². The number of nitrogens with zero attached hydrogens (tertiary/aromatic N) is 3. The summed E-state index contributed by atoms with van der Waals surface area (Å²) in [4.78, 5) is 4.20. The van der Waals surface area contributed by atoms with E-state index in [1.807, 2.05) is 30.9 Å². The van der Waals surface area contributed by atoms with Gasteiger partial charge in [0.25, 0.3) is 0 Å². The van der Waals surface area contributed by atoms with Gasteiger partial charge in [0.2, 0.25) is 0 Å². The van der Waals surface area contributed by atoms with E-state index in [2.05, 4.69) is 15.4 Å². The van der Waals surface area contributed by atoms with Crippen molar-refractivity contribution in [2.45, 2.75) is 13.2 Å². The molecule has 86 valence electrons. The molecule has 1 N–H and O–H groups in total. The van der Waals surface area contributed by atoms with E-state index in [-0.39, 0.29) is 0 Å². The third kappa shape index (κ3) is 2.05. The van der Waals surface area contributed by atoms with Crippen LogP contribution in [-0.4, -0.2) is 35.5 Å². The summed E-state index contributed by atoms with van der Waals surface area (Å²) in [6, 6.07) is 3.97. The maximum absolute atomic E-state index is 5.37. The number of pyridine rings is 1. The SMILES string of the molecule is CNC.c1cnc2nn3c(c2c1)COCC3. The normalized spacial score (nSPS) is 14.1. The van der Waals surface area contributed by atoms with E-state index >= 15 is 0 Å². The fourth-order valence-corrected chi connectivity index (χ4v) is 1.67. The Labute approximate surface area is 94.4 Å². The van der Waals surface area contributed by atoms with Crippen LogP contribution in [0.25, 0.3) is 11.0 Å². The summed E-state index contributed by atoms with van der Waals surface area (Å²) in [5.74, 6) is 0. The van der Waals surface area contributed by atoms with Gasteiger partial charge in [-0.05, 0) is 26.2 Å². The van der Waals surface area contributed by atoms with Gasteiger partial charge in [0.15, 0.2) is 5.65 Å². The van der Waals surface area contributed by atoms with E-state index < -0.39 is 0 Å². The van der Waals surface area contributed by atoms with Crippen LogP contribution < -0.4 is 5.32 Å². The molecule has 0 aliphatic carbocycles. The molecule has 1 aliphatic rings. The molecule has 0 amide bonds. The molecule has 2 aromatic heterocycles. The number of fused-ring (bicyclic) bond motifs is 3. The molecule has 3 heterocycles. The lowest BCUT2D eigenvalue weighted by Crippen LogP contribution is -2.16. The minimum atomic E-state index is 0.655. The van der Waals surface area contributed by atoms with Crippen LogP contribution in [0, 0.1) is 0 Å². The molecule has 0 spiro atoms. The van der Waals surface area contributed by atoms with E-state index in [1.54, 1.807) is 6.20 Å². The number of ether oxygens (including phenoxy) is 1. The quantitative estimate of drug-likeness (QED) is 0.713. The van der Waals surface area contributed by atoms with Crippen LogP contribution in [0.1, 0.15) is 5.69 Å². The highest BCUT2D eigenvalue weighted by molar-refractivity contribution is 5.77. The van der Waals surface area contributed by atoms with Crippen molar-refractivity contribution in [1.82, 2.24) is 20.1 Å². The zero-order valence-electron chi connectivity index (χ0n) is 9.60. The van der Waals surface area contributed by atoms with Crippen LogP contribution >= 0.6 is 0 Å². The Hall–Kier alpha value is -1.46. The van der Waals surface area contributed by atoms with Crippen LogP contribution in [0.3, 0.4) is 0 Å². The maximum Gasteiger partial charge on any atom is 0.181 e. The first kappa shape index (κ1) is 11.0. The molecular weight excluding hydrogens is 204 g/mol. The molecule has 2 aromatic rings. The van der Waals surface area contributed by atoms with Crippen molar-refractivity contribution in [3.63, 3.8) is 0 Å². The van der Waals surface area contributed by atoms with Crippen LogP contribution in [0.15, 0.2) is 18.3 Å². The average Bonchev–Trinajstić information content (AvgIpc) is 2.68. The smallest absolute Gasteiger partial charge is 0.181 e. The third-order valence-electron chi connectivity index (χ3n) is 2.31. The Kier molecular flexibility index (Phi) is 3.48. The Morgan fingerprint density at radius 1 is 1.44 bits per heavy atom. The Morgan fingerprint density at radius 3 is 3.06 bits per heavy atom. The monoisotopic (exact) mass is 220 g/mol. The van der Waals surface area contributed by atoms with Crippen molar-refractivity contribution in [1.29, 1.82) is 0 Å². The van der Waals surface area contributed by atoms with Gasteiger partial charge in [-0.25, -0.2) is 4.98 Å². The van der Waals surface area contributed by atoms with Crippen LogP contribution in [0.5, 0.6) is 0 Å². The lowest BCUT2D eigenvalue weighted by molar-refractivity contribution is 0.0811. The van der Waals surface area contributed by atoms with E-state index in [0.29, 0.717) is 6.61 Å². The van der Waals surface area contributed by atoms with Crippen molar-refractivity contribution in [3.05, 3.63) is 24.0 Å². The fraction of sp³-hybridized carbons (Fsp3) is 0.455. The number of aromatic nitrogens is 3. The summed E-state index contributed by atoms with van der Waals surface area (Å²) in [5.41, 5.74) is 1.97. The molecular formula is C11H16N4O. The number of rotatable bonds is 0. The highest BCUT2D eigenvalue weighted by Crippen LogP contribution is 2.19. The summed E-state index contributed by atoms with van der Waals surface area (Å²) in [5, 5.41) is 8.24. The molecule has 0 radical (unpaired) electrons. The van der Waals surface area contributed by atoms with Crippen LogP contribution in [-0.2, 0) is 17.9 Å². The molecule has 5 nitrogen and oxygen atoms in total. The zero-order valence-corrected chi connectivity index (χ0v) is 9.60. The number of hydrogen-bond acceptors (Lipinski definition) is 4. The lowest BCUT2D eigenvalue weighted by atomic mass is 10.2. The highest BCUT2D eigenvalue weighted by Gasteiger charge is 2.14. The van der Waals surface area contributed by atoms with Crippen molar-refractivity contribution in [2.75, 3.05) is 20.7 Å². The second kappa shape index (κ2) is 5.05. The topological polar surface area (TPSA) is 52.0 Å². The molecule has 5 heteroatoms. The summed E-state index contributed by atoms with van der Waals surface area (Å²) in [6.07, 6.45) is 1.77. The number of hydrogen-bond donors (Lipinski definition) is 1. The fourth-order valence-electron chi connectivity index (χ4n) is 1.67. The van der Waals surface area contributed by atoms with Gasteiger partial charge in [0.05, 0.1) is 25.5 Å². The average molecular weight is 220 g/mol. The standard InChI is InChI=1S/C9H9N3O.C2H7N/c1-2-7-8-6-13-5-4-12(8)11-9(7)10-3-1;1-3-2/h1-3H,4-6H2;3H,1-2H3. The van der Waals surface area contributed by atoms with E-state index in [1.165, 1.54) is 0 Å². The van der Waals surface area contributed by atoms with Crippen LogP contribution in [0.4, 0.5) is 0 Å².